The summed E-state index contributed by atoms with van der Waals surface area (Å²) >= 11 is 0. The fourth-order valence-corrected chi connectivity index (χ4v) is 3.50. The first kappa shape index (κ1) is 18.2. The summed E-state index contributed by atoms with van der Waals surface area (Å²) in [4.78, 5) is 0.0745. The highest BCUT2D eigenvalue weighted by molar-refractivity contribution is 7.85. The van der Waals surface area contributed by atoms with Gasteiger partial charge in [0.25, 0.3) is 10.1 Å². The smallest absolute Gasteiger partial charge is 0.282 e. The summed E-state index contributed by atoms with van der Waals surface area (Å²) in [5.74, 6) is 0. The zero-order valence-electron chi connectivity index (χ0n) is 13.3. The van der Waals surface area contributed by atoms with Gasteiger partial charge in [0.2, 0.25) is 0 Å². The van der Waals surface area contributed by atoms with Crippen LogP contribution in [0.4, 0.5) is 0 Å². The summed E-state index contributed by atoms with van der Waals surface area (Å²) in [7, 11) is -4.11. The van der Waals surface area contributed by atoms with E-state index in [2.05, 4.69) is 6.92 Å². The van der Waals surface area contributed by atoms with E-state index in [9.17, 15) is 13.0 Å². The molecule has 21 heavy (non-hydrogen) atoms. The molecule has 0 aliphatic heterocycles. The number of hydrogen-bond acceptors (Lipinski definition) is 2. The predicted molar refractivity (Wildman–Crippen MR) is 87.3 cm³/mol. The maximum Gasteiger partial charge on any atom is 0.294 e. The molecule has 0 saturated heterocycles. The highest BCUT2D eigenvalue weighted by Gasteiger charge is 2.16. The molecule has 0 radical (unpaired) electrons. The van der Waals surface area contributed by atoms with Gasteiger partial charge in [0.15, 0.2) is 0 Å². The van der Waals surface area contributed by atoms with Crippen molar-refractivity contribution in [2.75, 3.05) is 0 Å². The lowest BCUT2D eigenvalue weighted by atomic mass is 10.0. The molecule has 120 valence electrons. The van der Waals surface area contributed by atoms with Crippen molar-refractivity contribution < 1.29 is 13.0 Å². The van der Waals surface area contributed by atoms with Gasteiger partial charge in [0, 0.05) is 0 Å². The fourth-order valence-electron chi connectivity index (χ4n) is 2.67. The van der Waals surface area contributed by atoms with Gasteiger partial charge in [-0.2, -0.15) is 8.42 Å². The highest BCUT2D eigenvalue weighted by atomic mass is 32.2. The number of hydrogen-bond donors (Lipinski definition) is 1. The van der Waals surface area contributed by atoms with Crippen molar-refractivity contribution in [2.24, 2.45) is 0 Å². The van der Waals surface area contributed by atoms with E-state index in [0.717, 1.165) is 30.4 Å². The minimum atomic E-state index is -4.11. The van der Waals surface area contributed by atoms with Crippen molar-refractivity contribution in [1.29, 1.82) is 0 Å². The van der Waals surface area contributed by atoms with Gasteiger partial charge in [-0.1, -0.05) is 64.0 Å². The minimum absolute atomic E-state index is 0.0745. The molecule has 0 aromatic heterocycles. The van der Waals surface area contributed by atoms with Crippen molar-refractivity contribution in [2.45, 2.75) is 76.5 Å². The zero-order chi connectivity index (χ0) is 15.7. The third-order valence-corrected chi connectivity index (χ3v) is 4.86. The van der Waals surface area contributed by atoms with E-state index >= 15 is 0 Å². The third kappa shape index (κ3) is 6.62. The standard InChI is InChI=1S/C17H28O3S/c1-3-4-5-6-7-8-9-10-13-16-15(2)12-11-14-17(16)21(18,19)20/h11-12,14H,3-10,13H2,1-2H3,(H,18,19,20). The molecule has 0 spiro atoms. The van der Waals surface area contributed by atoms with Crippen LogP contribution in [-0.2, 0) is 16.5 Å². The molecular weight excluding hydrogens is 284 g/mol. The number of aryl methyl sites for hydroxylation is 1. The Morgan fingerprint density at radius 2 is 1.52 bits per heavy atom. The van der Waals surface area contributed by atoms with Crippen LogP contribution in [0.1, 0.15) is 69.4 Å². The third-order valence-electron chi connectivity index (χ3n) is 3.93. The molecule has 1 aromatic carbocycles. The Hall–Kier alpha value is -0.870. The first-order valence-electron chi connectivity index (χ1n) is 8.02. The van der Waals surface area contributed by atoms with Crippen LogP contribution in [0.5, 0.6) is 0 Å². The van der Waals surface area contributed by atoms with Crippen LogP contribution >= 0.6 is 0 Å². The molecule has 0 fully saturated rings. The van der Waals surface area contributed by atoms with Crippen molar-refractivity contribution >= 4 is 10.1 Å². The molecule has 1 N–H and O–H groups in total. The van der Waals surface area contributed by atoms with E-state index in [1.54, 1.807) is 6.07 Å². The van der Waals surface area contributed by atoms with Crippen molar-refractivity contribution in [3.8, 4) is 0 Å². The van der Waals surface area contributed by atoms with E-state index in [0.29, 0.717) is 0 Å². The number of unbranched alkanes of at least 4 members (excludes halogenated alkanes) is 7. The van der Waals surface area contributed by atoms with Crippen molar-refractivity contribution in [3.63, 3.8) is 0 Å². The Labute approximate surface area is 129 Å². The molecule has 1 aromatic rings. The molecule has 0 unspecified atom stereocenters. The van der Waals surface area contributed by atoms with Gasteiger partial charge in [0.05, 0.1) is 4.90 Å². The topological polar surface area (TPSA) is 54.4 Å². The van der Waals surface area contributed by atoms with Crippen LogP contribution < -0.4 is 0 Å². The van der Waals surface area contributed by atoms with Gasteiger partial charge >= 0.3 is 0 Å². The lowest BCUT2D eigenvalue weighted by Crippen LogP contribution is -2.05. The zero-order valence-corrected chi connectivity index (χ0v) is 14.1. The summed E-state index contributed by atoms with van der Waals surface area (Å²) in [6.45, 7) is 4.11. The molecule has 3 nitrogen and oxygen atoms in total. The van der Waals surface area contributed by atoms with Crippen LogP contribution in [0.15, 0.2) is 23.1 Å². The van der Waals surface area contributed by atoms with E-state index in [4.69, 9.17) is 0 Å². The number of benzene rings is 1. The summed E-state index contributed by atoms with van der Waals surface area (Å²) in [6.07, 6.45) is 10.5. The van der Waals surface area contributed by atoms with Gasteiger partial charge in [-0.3, -0.25) is 4.55 Å². The predicted octanol–water partition coefficient (Wildman–Crippen LogP) is 4.92. The molecule has 0 atom stereocenters. The fraction of sp³-hybridized carbons (Fsp3) is 0.647. The van der Waals surface area contributed by atoms with Crippen molar-refractivity contribution in [3.05, 3.63) is 29.3 Å². The maximum absolute atomic E-state index is 11.4. The summed E-state index contributed by atoms with van der Waals surface area (Å²) in [6, 6.07) is 5.06. The van der Waals surface area contributed by atoms with Gasteiger partial charge in [-0.05, 0) is 37.0 Å². The van der Waals surface area contributed by atoms with Crippen LogP contribution in [0.3, 0.4) is 0 Å². The Morgan fingerprint density at radius 3 is 2.10 bits per heavy atom. The Kier molecular flexibility index (Phi) is 7.97. The Morgan fingerprint density at radius 1 is 0.952 bits per heavy atom. The van der Waals surface area contributed by atoms with Gasteiger partial charge in [-0.15, -0.1) is 0 Å². The summed E-state index contributed by atoms with van der Waals surface area (Å²) in [5, 5.41) is 0. The monoisotopic (exact) mass is 312 g/mol. The average molecular weight is 312 g/mol. The molecule has 1 rings (SSSR count). The Balaban J connectivity index is 2.42. The largest absolute Gasteiger partial charge is 0.294 e. The second-order valence-corrected chi connectivity index (χ2v) is 7.14. The van der Waals surface area contributed by atoms with Crippen LogP contribution in [0, 0.1) is 6.92 Å². The second-order valence-electron chi connectivity index (χ2n) is 5.75. The van der Waals surface area contributed by atoms with E-state index in [-0.39, 0.29) is 4.90 Å². The molecule has 0 saturated carbocycles. The van der Waals surface area contributed by atoms with Crippen LogP contribution in [0.25, 0.3) is 0 Å². The Bertz CT molecular complexity index is 521. The highest BCUT2D eigenvalue weighted by Crippen LogP contribution is 2.22. The van der Waals surface area contributed by atoms with E-state index in [1.165, 1.54) is 44.6 Å². The molecule has 0 bridgehead atoms. The average Bonchev–Trinajstić information content (AvgIpc) is 2.42. The number of rotatable bonds is 10. The van der Waals surface area contributed by atoms with Gasteiger partial charge in [0.1, 0.15) is 0 Å². The minimum Gasteiger partial charge on any atom is -0.282 e. The van der Waals surface area contributed by atoms with E-state index < -0.39 is 10.1 Å². The maximum atomic E-state index is 11.4. The molecule has 0 amide bonds. The first-order valence-corrected chi connectivity index (χ1v) is 9.46. The summed E-state index contributed by atoms with van der Waals surface area (Å²) in [5.41, 5.74) is 1.71. The van der Waals surface area contributed by atoms with Gasteiger partial charge in [-0.25, -0.2) is 0 Å². The van der Waals surface area contributed by atoms with E-state index in [1.807, 2.05) is 13.0 Å². The molecule has 4 heteroatoms. The lowest BCUT2D eigenvalue weighted by molar-refractivity contribution is 0.481. The molecule has 0 aliphatic rings. The molecule has 0 aliphatic carbocycles. The van der Waals surface area contributed by atoms with Crippen LogP contribution in [0.2, 0.25) is 0 Å². The second kappa shape index (κ2) is 9.21. The summed E-state index contributed by atoms with van der Waals surface area (Å²) < 4.78 is 32.1. The SMILES string of the molecule is CCCCCCCCCCc1c(C)cccc1S(=O)(=O)O. The molecule has 0 heterocycles. The first-order chi connectivity index (χ1) is 9.96. The normalized spacial score (nSPS) is 11.8. The van der Waals surface area contributed by atoms with Crippen molar-refractivity contribution in [1.82, 2.24) is 0 Å². The molecular formula is C17H28O3S. The lowest BCUT2D eigenvalue weighted by Gasteiger charge is -2.10. The quantitative estimate of drug-likeness (QED) is 0.492. The van der Waals surface area contributed by atoms with Gasteiger partial charge < -0.3 is 0 Å². The van der Waals surface area contributed by atoms with Crippen LogP contribution in [-0.4, -0.2) is 13.0 Å².